The maximum atomic E-state index is 9.23. The van der Waals surface area contributed by atoms with Crippen LogP contribution in [0.15, 0.2) is 24.3 Å². The van der Waals surface area contributed by atoms with E-state index in [4.69, 9.17) is 15.6 Å². The number of hydrogen-bond donors (Lipinski definition) is 3. The summed E-state index contributed by atoms with van der Waals surface area (Å²) in [6.07, 6.45) is 2.11. The van der Waals surface area contributed by atoms with E-state index in [1.165, 1.54) is 0 Å². The van der Waals surface area contributed by atoms with Gasteiger partial charge in [0.15, 0.2) is 0 Å². The molecule has 0 spiro atoms. The van der Waals surface area contributed by atoms with Crippen molar-refractivity contribution < 1.29 is 14.9 Å². The smallest absolute Gasteiger partial charge is 0.122 e. The zero-order valence-electron chi connectivity index (χ0n) is 10.0. The Hall–Kier alpha value is -1.10. The number of aryl methyl sites for hydroxylation is 1. The standard InChI is InChI=1S/C13H21NO3/c14-8-4-3-6-11-5-1-2-7-13(11)17-10-12(16)9-15/h1-2,5,7,12,15-16H,3-4,6,8-10,14H2. The van der Waals surface area contributed by atoms with Crippen LogP contribution in [0.2, 0.25) is 0 Å². The van der Waals surface area contributed by atoms with Gasteiger partial charge in [-0.05, 0) is 37.4 Å². The highest BCUT2D eigenvalue weighted by Gasteiger charge is 2.06. The second kappa shape index (κ2) is 8.06. The van der Waals surface area contributed by atoms with Crippen molar-refractivity contribution in [2.45, 2.75) is 25.4 Å². The number of nitrogens with two attached hydrogens (primary N) is 1. The summed E-state index contributed by atoms with van der Waals surface area (Å²) in [6, 6.07) is 7.75. The van der Waals surface area contributed by atoms with Crippen LogP contribution in [0.4, 0.5) is 0 Å². The first-order valence-electron chi connectivity index (χ1n) is 5.97. The van der Waals surface area contributed by atoms with Gasteiger partial charge in [-0.3, -0.25) is 0 Å². The van der Waals surface area contributed by atoms with E-state index in [0.29, 0.717) is 6.54 Å². The minimum absolute atomic E-state index is 0.115. The van der Waals surface area contributed by atoms with Gasteiger partial charge in [0.1, 0.15) is 18.5 Å². The van der Waals surface area contributed by atoms with E-state index in [9.17, 15) is 5.11 Å². The average molecular weight is 239 g/mol. The number of hydrogen-bond acceptors (Lipinski definition) is 4. The Bertz CT molecular complexity index is 317. The molecule has 1 unspecified atom stereocenters. The Morgan fingerprint density at radius 2 is 2.00 bits per heavy atom. The molecule has 1 rings (SSSR count). The lowest BCUT2D eigenvalue weighted by Crippen LogP contribution is -2.21. The van der Waals surface area contributed by atoms with Crippen LogP contribution in [0.25, 0.3) is 0 Å². The Kier molecular flexibility index (Phi) is 6.62. The van der Waals surface area contributed by atoms with Crippen LogP contribution in [0, 0.1) is 0 Å². The molecule has 0 radical (unpaired) electrons. The van der Waals surface area contributed by atoms with Gasteiger partial charge < -0.3 is 20.7 Å². The minimum atomic E-state index is -0.827. The van der Waals surface area contributed by atoms with Gasteiger partial charge in [0, 0.05) is 0 Å². The zero-order valence-corrected chi connectivity index (χ0v) is 10.0. The van der Waals surface area contributed by atoms with Gasteiger partial charge >= 0.3 is 0 Å². The molecule has 96 valence electrons. The lowest BCUT2D eigenvalue weighted by Gasteiger charge is -2.13. The van der Waals surface area contributed by atoms with Gasteiger partial charge in [0.25, 0.3) is 0 Å². The second-order valence-electron chi connectivity index (χ2n) is 4.00. The SMILES string of the molecule is NCCCCc1ccccc1OCC(O)CO. The van der Waals surface area contributed by atoms with Crippen molar-refractivity contribution in [3.63, 3.8) is 0 Å². The molecule has 0 amide bonds. The highest BCUT2D eigenvalue weighted by Crippen LogP contribution is 2.20. The summed E-state index contributed by atoms with van der Waals surface area (Å²) in [7, 11) is 0. The Balaban J connectivity index is 2.51. The zero-order chi connectivity index (χ0) is 12.5. The van der Waals surface area contributed by atoms with Gasteiger partial charge in [0.2, 0.25) is 0 Å². The number of unbranched alkanes of at least 4 members (excludes halogenated alkanes) is 1. The number of benzene rings is 1. The Morgan fingerprint density at radius 1 is 1.24 bits per heavy atom. The molecule has 0 saturated carbocycles. The fourth-order valence-corrected chi connectivity index (χ4v) is 1.55. The van der Waals surface area contributed by atoms with Gasteiger partial charge in [-0.2, -0.15) is 0 Å². The molecule has 0 aliphatic carbocycles. The molecule has 0 heterocycles. The monoisotopic (exact) mass is 239 g/mol. The first kappa shape index (κ1) is 14.0. The molecule has 4 N–H and O–H groups in total. The van der Waals surface area contributed by atoms with Crippen LogP contribution in [-0.2, 0) is 6.42 Å². The third-order valence-electron chi connectivity index (χ3n) is 2.51. The minimum Gasteiger partial charge on any atom is -0.491 e. The summed E-state index contributed by atoms with van der Waals surface area (Å²) in [5.41, 5.74) is 6.57. The predicted octanol–water partition coefficient (Wildman–Crippen LogP) is 0.700. The fraction of sp³-hybridized carbons (Fsp3) is 0.538. The van der Waals surface area contributed by atoms with E-state index < -0.39 is 6.10 Å². The summed E-state index contributed by atoms with van der Waals surface area (Å²) in [5, 5.41) is 17.9. The summed E-state index contributed by atoms with van der Waals surface area (Å²) in [5.74, 6) is 0.775. The van der Waals surface area contributed by atoms with Crippen molar-refractivity contribution in [2.75, 3.05) is 19.8 Å². The molecule has 1 aromatic carbocycles. The predicted molar refractivity (Wildman–Crippen MR) is 67.0 cm³/mol. The average Bonchev–Trinajstić information content (AvgIpc) is 2.37. The van der Waals surface area contributed by atoms with Crippen molar-refractivity contribution in [3.05, 3.63) is 29.8 Å². The van der Waals surface area contributed by atoms with E-state index in [-0.39, 0.29) is 13.2 Å². The number of aliphatic hydroxyl groups is 2. The van der Waals surface area contributed by atoms with E-state index in [2.05, 4.69) is 0 Å². The summed E-state index contributed by atoms with van der Waals surface area (Å²) in [4.78, 5) is 0. The molecule has 0 bridgehead atoms. The molecule has 1 atom stereocenters. The molecule has 1 aromatic rings. The summed E-state index contributed by atoms with van der Waals surface area (Å²) in [6.45, 7) is 0.534. The van der Waals surface area contributed by atoms with Crippen LogP contribution in [0.1, 0.15) is 18.4 Å². The van der Waals surface area contributed by atoms with Crippen LogP contribution >= 0.6 is 0 Å². The first-order valence-corrected chi connectivity index (χ1v) is 5.97. The van der Waals surface area contributed by atoms with Crippen LogP contribution in [0.5, 0.6) is 5.75 Å². The molecular formula is C13H21NO3. The van der Waals surface area contributed by atoms with Gasteiger partial charge in [-0.25, -0.2) is 0 Å². The van der Waals surface area contributed by atoms with Crippen molar-refractivity contribution in [1.82, 2.24) is 0 Å². The molecule has 0 aliphatic heterocycles. The van der Waals surface area contributed by atoms with E-state index in [1.54, 1.807) is 0 Å². The molecule has 0 aliphatic rings. The van der Waals surface area contributed by atoms with E-state index in [1.807, 2.05) is 24.3 Å². The second-order valence-corrected chi connectivity index (χ2v) is 4.00. The molecule has 4 nitrogen and oxygen atoms in total. The molecule has 0 saturated heterocycles. The van der Waals surface area contributed by atoms with E-state index in [0.717, 1.165) is 30.6 Å². The quantitative estimate of drug-likeness (QED) is 0.584. The summed E-state index contributed by atoms with van der Waals surface area (Å²) >= 11 is 0. The molecular weight excluding hydrogens is 218 g/mol. The Labute approximate surface area is 102 Å². The lowest BCUT2D eigenvalue weighted by atomic mass is 10.1. The van der Waals surface area contributed by atoms with Crippen molar-refractivity contribution in [3.8, 4) is 5.75 Å². The maximum Gasteiger partial charge on any atom is 0.122 e. The fourth-order valence-electron chi connectivity index (χ4n) is 1.55. The largest absolute Gasteiger partial charge is 0.491 e. The Morgan fingerprint density at radius 3 is 2.71 bits per heavy atom. The molecule has 4 heteroatoms. The number of aliphatic hydroxyl groups excluding tert-OH is 2. The normalized spacial score (nSPS) is 12.4. The highest BCUT2D eigenvalue weighted by atomic mass is 16.5. The van der Waals surface area contributed by atoms with Crippen molar-refractivity contribution in [1.29, 1.82) is 0 Å². The van der Waals surface area contributed by atoms with Crippen LogP contribution in [-0.4, -0.2) is 36.1 Å². The third-order valence-corrected chi connectivity index (χ3v) is 2.51. The highest BCUT2D eigenvalue weighted by molar-refractivity contribution is 5.33. The topological polar surface area (TPSA) is 75.7 Å². The third kappa shape index (κ3) is 5.17. The lowest BCUT2D eigenvalue weighted by molar-refractivity contribution is 0.0533. The first-order chi connectivity index (χ1) is 8.27. The van der Waals surface area contributed by atoms with Crippen molar-refractivity contribution >= 4 is 0 Å². The van der Waals surface area contributed by atoms with Crippen molar-refractivity contribution in [2.24, 2.45) is 5.73 Å². The summed E-state index contributed by atoms with van der Waals surface area (Å²) < 4.78 is 5.48. The molecule has 0 fully saturated rings. The van der Waals surface area contributed by atoms with Gasteiger partial charge in [0.05, 0.1) is 6.61 Å². The van der Waals surface area contributed by atoms with Gasteiger partial charge in [-0.1, -0.05) is 18.2 Å². The number of ether oxygens (including phenoxy) is 1. The van der Waals surface area contributed by atoms with Crippen LogP contribution in [0.3, 0.4) is 0 Å². The number of rotatable bonds is 8. The van der Waals surface area contributed by atoms with E-state index >= 15 is 0 Å². The van der Waals surface area contributed by atoms with Gasteiger partial charge in [-0.15, -0.1) is 0 Å². The maximum absolute atomic E-state index is 9.23. The molecule has 17 heavy (non-hydrogen) atoms. The number of para-hydroxylation sites is 1. The van der Waals surface area contributed by atoms with Crippen LogP contribution < -0.4 is 10.5 Å². The molecule has 0 aromatic heterocycles.